The monoisotopic (exact) mass is 212 g/mol. The van der Waals surface area contributed by atoms with Crippen LogP contribution in [0.15, 0.2) is 0 Å². The van der Waals surface area contributed by atoms with Crippen LogP contribution in [0.25, 0.3) is 0 Å². The molecule has 1 atom stereocenters. The van der Waals surface area contributed by atoms with Gasteiger partial charge in [-0.15, -0.1) is 0 Å². The topological polar surface area (TPSA) is 0 Å². The molecule has 0 heterocycles. The summed E-state index contributed by atoms with van der Waals surface area (Å²) in [6.45, 7) is 6.95. The van der Waals surface area contributed by atoms with Crippen molar-refractivity contribution in [3.8, 4) is 0 Å². The van der Waals surface area contributed by atoms with Gasteiger partial charge < -0.3 is 0 Å². The van der Waals surface area contributed by atoms with Gasteiger partial charge in [-0.1, -0.05) is 91.4 Å². The van der Waals surface area contributed by atoms with Crippen molar-refractivity contribution in [2.24, 2.45) is 5.92 Å². The lowest BCUT2D eigenvalue weighted by molar-refractivity contribution is 0.408. The molecule has 0 aromatic carbocycles. The second-order valence-electron chi connectivity index (χ2n) is 4.97. The third-order valence-corrected chi connectivity index (χ3v) is 3.49. The van der Waals surface area contributed by atoms with Crippen LogP contribution in [0, 0.1) is 5.92 Å². The summed E-state index contributed by atoms with van der Waals surface area (Å²) in [7, 11) is 0. The Morgan fingerprint density at radius 3 is 1.73 bits per heavy atom. The molecule has 0 amide bonds. The van der Waals surface area contributed by atoms with Crippen molar-refractivity contribution in [2.45, 2.75) is 91.4 Å². The van der Waals surface area contributed by atoms with Gasteiger partial charge in [0.25, 0.3) is 0 Å². The van der Waals surface area contributed by atoms with Gasteiger partial charge in [0.2, 0.25) is 0 Å². The van der Waals surface area contributed by atoms with E-state index in [1.807, 2.05) is 0 Å². The molecule has 0 spiro atoms. The highest BCUT2D eigenvalue weighted by Gasteiger charge is 2.03. The molecule has 0 saturated carbocycles. The molecule has 0 aromatic heterocycles. The molecule has 0 aliphatic rings. The maximum atomic E-state index is 2.35. The van der Waals surface area contributed by atoms with Crippen LogP contribution in [0.5, 0.6) is 0 Å². The Labute approximate surface area is 97.8 Å². The average Bonchev–Trinajstić information content (AvgIpc) is 2.26. The summed E-state index contributed by atoms with van der Waals surface area (Å²) < 4.78 is 0. The van der Waals surface area contributed by atoms with E-state index in [4.69, 9.17) is 0 Å². The first-order chi connectivity index (χ1) is 7.35. The first kappa shape index (κ1) is 15.0. The van der Waals surface area contributed by atoms with Crippen LogP contribution in [-0.2, 0) is 0 Å². The van der Waals surface area contributed by atoms with Crippen LogP contribution in [0.4, 0.5) is 0 Å². The summed E-state index contributed by atoms with van der Waals surface area (Å²) in [5, 5.41) is 0. The molecule has 1 unspecified atom stereocenters. The Morgan fingerprint density at radius 1 is 0.600 bits per heavy atom. The van der Waals surface area contributed by atoms with Crippen LogP contribution in [-0.4, -0.2) is 0 Å². The molecular formula is C15H32. The van der Waals surface area contributed by atoms with Gasteiger partial charge in [-0.05, 0) is 5.92 Å². The summed E-state index contributed by atoms with van der Waals surface area (Å²) >= 11 is 0. The maximum absolute atomic E-state index is 2.35. The molecule has 0 saturated heterocycles. The van der Waals surface area contributed by atoms with Crippen LogP contribution >= 0.6 is 0 Å². The zero-order chi connectivity index (χ0) is 11.4. The minimum atomic E-state index is 1.02. The van der Waals surface area contributed by atoms with Crippen molar-refractivity contribution in [3.05, 3.63) is 0 Å². The zero-order valence-electron chi connectivity index (χ0n) is 11.4. The summed E-state index contributed by atoms with van der Waals surface area (Å²) in [4.78, 5) is 0. The van der Waals surface area contributed by atoms with E-state index in [1.165, 1.54) is 70.6 Å². The third kappa shape index (κ3) is 10.3. The van der Waals surface area contributed by atoms with Crippen molar-refractivity contribution in [1.82, 2.24) is 0 Å². The molecule has 0 nitrogen and oxygen atoms in total. The van der Waals surface area contributed by atoms with E-state index in [1.54, 1.807) is 0 Å². The Kier molecular flexibility index (Phi) is 12.1. The molecule has 0 fully saturated rings. The van der Waals surface area contributed by atoms with Crippen molar-refractivity contribution in [2.75, 3.05) is 0 Å². The zero-order valence-corrected chi connectivity index (χ0v) is 11.4. The van der Waals surface area contributed by atoms with Crippen LogP contribution in [0.3, 0.4) is 0 Å². The van der Waals surface area contributed by atoms with E-state index < -0.39 is 0 Å². The van der Waals surface area contributed by atoms with Crippen LogP contribution < -0.4 is 0 Å². The van der Waals surface area contributed by atoms with Crippen molar-refractivity contribution >= 4 is 0 Å². The van der Waals surface area contributed by atoms with Crippen LogP contribution in [0.1, 0.15) is 91.4 Å². The second-order valence-corrected chi connectivity index (χ2v) is 4.97. The number of rotatable bonds is 11. The van der Waals surface area contributed by atoms with E-state index in [9.17, 15) is 0 Å². The third-order valence-electron chi connectivity index (χ3n) is 3.49. The highest BCUT2D eigenvalue weighted by molar-refractivity contribution is 4.57. The molecule has 0 aromatic rings. The highest BCUT2D eigenvalue weighted by Crippen LogP contribution is 2.19. The fraction of sp³-hybridized carbons (Fsp3) is 1.00. The predicted octanol–water partition coefficient (Wildman–Crippen LogP) is 5.95. The normalized spacial score (nSPS) is 13.0. The average molecular weight is 212 g/mol. The minimum Gasteiger partial charge on any atom is -0.0654 e. The van der Waals surface area contributed by atoms with Gasteiger partial charge in [-0.25, -0.2) is 0 Å². The van der Waals surface area contributed by atoms with Gasteiger partial charge in [-0.2, -0.15) is 0 Å². The largest absolute Gasteiger partial charge is 0.0654 e. The molecule has 92 valence electrons. The van der Waals surface area contributed by atoms with Gasteiger partial charge >= 0.3 is 0 Å². The van der Waals surface area contributed by atoms with E-state index in [0.717, 1.165) is 5.92 Å². The highest BCUT2D eigenvalue weighted by atomic mass is 14.1. The maximum Gasteiger partial charge on any atom is -0.0417 e. The predicted molar refractivity (Wildman–Crippen MR) is 71.3 cm³/mol. The molecule has 15 heavy (non-hydrogen) atoms. The molecule has 0 heteroatoms. The molecule has 0 radical (unpaired) electrons. The van der Waals surface area contributed by atoms with E-state index in [2.05, 4.69) is 20.8 Å². The lowest BCUT2D eigenvalue weighted by Gasteiger charge is -2.12. The van der Waals surface area contributed by atoms with Crippen molar-refractivity contribution < 1.29 is 0 Å². The van der Waals surface area contributed by atoms with Gasteiger partial charge in [-0.3, -0.25) is 0 Å². The Balaban J connectivity index is 3.14. The molecule has 0 rings (SSSR count). The fourth-order valence-corrected chi connectivity index (χ4v) is 2.35. The summed E-state index contributed by atoms with van der Waals surface area (Å²) in [5.74, 6) is 1.02. The van der Waals surface area contributed by atoms with Gasteiger partial charge in [0.05, 0.1) is 0 Å². The van der Waals surface area contributed by atoms with Crippen molar-refractivity contribution in [1.29, 1.82) is 0 Å². The molecular weight excluding hydrogens is 180 g/mol. The standard InChI is InChI=1S/C15H32/c1-4-7-8-9-10-11-12-14-15(6-3)13-5-2/h15H,4-14H2,1-3H3. The van der Waals surface area contributed by atoms with Gasteiger partial charge in [0.1, 0.15) is 0 Å². The second kappa shape index (κ2) is 12.1. The lowest BCUT2D eigenvalue weighted by atomic mass is 9.94. The fourth-order valence-electron chi connectivity index (χ4n) is 2.35. The number of unbranched alkanes of at least 4 members (excludes halogenated alkanes) is 6. The number of hydrogen-bond donors (Lipinski definition) is 0. The summed E-state index contributed by atoms with van der Waals surface area (Å²) in [6.07, 6.45) is 15.9. The molecule has 0 bridgehead atoms. The minimum absolute atomic E-state index is 1.02. The van der Waals surface area contributed by atoms with Crippen LogP contribution in [0.2, 0.25) is 0 Å². The quantitative estimate of drug-likeness (QED) is 0.371. The Bertz CT molecular complexity index is 107. The van der Waals surface area contributed by atoms with Gasteiger partial charge in [0.15, 0.2) is 0 Å². The lowest BCUT2D eigenvalue weighted by Crippen LogP contribution is -1.97. The molecule has 0 N–H and O–H groups in total. The molecule has 0 aliphatic heterocycles. The Hall–Kier alpha value is 0. The van der Waals surface area contributed by atoms with E-state index in [0.29, 0.717) is 0 Å². The smallest absolute Gasteiger partial charge is 0.0417 e. The summed E-state index contributed by atoms with van der Waals surface area (Å²) in [6, 6.07) is 0. The Morgan fingerprint density at radius 2 is 1.20 bits per heavy atom. The first-order valence-electron chi connectivity index (χ1n) is 7.35. The first-order valence-corrected chi connectivity index (χ1v) is 7.35. The number of hydrogen-bond acceptors (Lipinski definition) is 0. The summed E-state index contributed by atoms with van der Waals surface area (Å²) in [5.41, 5.74) is 0. The van der Waals surface area contributed by atoms with E-state index >= 15 is 0 Å². The SMILES string of the molecule is CCCCCCCCCC(CC)CCC. The van der Waals surface area contributed by atoms with E-state index in [-0.39, 0.29) is 0 Å². The van der Waals surface area contributed by atoms with Crippen molar-refractivity contribution in [3.63, 3.8) is 0 Å². The molecule has 0 aliphatic carbocycles. The van der Waals surface area contributed by atoms with Gasteiger partial charge in [0, 0.05) is 0 Å².